The molecule has 0 bridgehead atoms. The lowest BCUT2D eigenvalue weighted by Gasteiger charge is -2.19. The first kappa shape index (κ1) is 19.9. The fourth-order valence-corrected chi connectivity index (χ4v) is 5.16. The summed E-state index contributed by atoms with van der Waals surface area (Å²) in [6.07, 6.45) is 0. The van der Waals surface area contributed by atoms with Crippen LogP contribution in [0.15, 0.2) is 76.4 Å². The van der Waals surface area contributed by atoms with Crippen LogP contribution in [0.25, 0.3) is 0 Å². The van der Waals surface area contributed by atoms with Gasteiger partial charge in [0.2, 0.25) is 10.0 Å². The minimum atomic E-state index is -3.57. The minimum absolute atomic E-state index is 0.107. The van der Waals surface area contributed by atoms with Crippen molar-refractivity contribution < 1.29 is 8.42 Å². The Kier molecular flexibility index (Phi) is 5.92. The topological polar surface area (TPSA) is 37.4 Å². The Morgan fingerprint density at radius 3 is 2.33 bits per heavy atom. The van der Waals surface area contributed by atoms with E-state index in [-0.39, 0.29) is 11.3 Å². The van der Waals surface area contributed by atoms with E-state index in [2.05, 4.69) is 5.73 Å². The van der Waals surface area contributed by atoms with Gasteiger partial charge in [-0.05, 0) is 49.6 Å². The number of halogens is 1. The molecule has 1 aliphatic heterocycles. The number of hydrogen-bond acceptors (Lipinski definition) is 2. The van der Waals surface area contributed by atoms with Gasteiger partial charge in [-0.15, -0.1) is 17.3 Å². The summed E-state index contributed by atoms with van der Waals surface area (Å²) in [6.45, 7) is 6.55. The van der Waals surface area contributed by atoms with Crippen molar-refractivity contribution >= 4 is 21.6 Å². The van der Waals surface area contributed by atoms with Crippen LogP contribution in [0.2, 0.25) is 0 Å². The number of sulfonamides is 1. The number of nitrogens with zero attached hydrogens (tertiary/aromatic N) is 1. The summed E-state index contributed by atoms with van der Waals surface area (Å²) in [6, 6.07) is 16.8. The summed E-state index contributed by atoms with van der Waals surface area (Å²) in [5.74, 6) is -0.107. The van der Waals surface area contributed by atoms with Gasteiger partial charge in [0.25, 0.3) is 0 Å². The first-order chi connectivity index (χ1) is 12.8. The zero-order chi connectivity index (χ0) is 19.6. The van der Waals surface area contributed by atoms with Crippen LogP contribution in [-0.4, -0.2) is 25.8 Å². The van der Waals surface area contributed by atoms with Gasteiger partial charge in [0.15, 0.2) is 0 Å². The molecule has 0 N–H and O–H groups in total. The van der Waals surface area contributed by atoms with Crippen LogP contribution in [0.3, 0.4) is 0 Å². The summed E-state index contributed by atoms with van der Waals surface area (Å²) in [5, 5.41) is -0.300. The third-order valence-electron chi connectivity index (χ3n) is 4.74. The highest BCUT2D eigenvalue weighted by Gasteiger charge is 2.39. The second-order valence-corrected chi connectivity index (χ2v) is 9.59. The van der Waals surface area contributed by atoms with Crippen LogP contribution < -0.4 is 0 Å². The third kappa shape index (κ3) is 4.36. The Morgan fingerprint density at radius 1 is 1.11 bits per heavy atom. The van der Waals surface area contributed by atoms with E-state index >= 15 is 0 Å². The molecule has 3 rings (SSSR count). The second-order valence-electron chi connectivity index (χ2n) is 7.18. The minimum Gasteiger partial charge on any atom is -0.207 e. The molecule has 0 saturated carbocycles. The fourth-order valence-electron chi connectivity index (χ4n) is 3.34. The lowest BCUT2D eigenvalue weighted by Crippen LogP contribution is -2.29. The Morgan fingerprint density at radius 2 is 1.74 bits per heavy atom. The molecule has 0 aromatic heterocycles. The maximum absolute atomic E-state index is 13.1. The molecule has 1 saturated heterocycles. The van der Waals surface area contributed by atoms with Gasteiger partial charge < -0.3 is 0 Å². The van der Waals surface area contributed by atoms with E-state index < -0.39 is 10.0 Å². The highest BCUT2D eigenvalue weighted by molar-refractivity contribution is 7.89. The van der Waals surface area contributed by atoms with E-state index in [1.54, 1.807) is 12.1 Å². The normalized spacial score (nSPS) is 19.0. The number of rotatable bonds is 4. The van der Waals surface area contributed by atoms with E-state index in [4.69, 9.17) is 11.6 Å². The predicted molar refractivity (Wildman–Crippen MR) is 110 cm³/mol. The molecule has 1 aliphatic rings. The van der Waals surface area contributed by atoms with Gasteiger partial charge >= 0.3 is 0 Å². The number of hydrogen-bond donors (Lipinski definition) is 0. The van der Waals surface area contributed by atoms with Gasteiger partial charge in [-0.25, -0.2) is 8.42 Å². The van der Waals surface area contributed by atoms with Crippen molar-refractivity contribution in [3.8, 4) is 0 Å². The van der Waals surface area contributed by atoms with Crippen LogP contribution in [0, 0.1) is 12.8 Å². The van der Waals surface area contributed by atoms with E-state index in [0.29, 0.717) is 18.0 Å². The maximum Gasteiger partial charge on any atom is 0.243 e. The first-order valence-electron chi connectivity index (χ1n) is 8.98. The highest BCUT2D eigenvalue weighted by Crippen LogP contribution is 2.40. The SMILES string of the molecule is CC(C)=C=C1CN(S(=O)(=O)c2ccc(C)cc2)C[C@H]1[C@@H](Cl)c1ccccc1. The van der Waals surface area contributed by atoms with Gasteiger partial charge in [-0.3, -0.25) is 0 Å². The first-order valence-corrected chi connectivity index (χ1v) is 10.9. The molecule has 3 nitrogen and oxygen atoms in total. The number of alkyl halides is 1. The van der Waals surface area contributed by atoms with Crippen LogP contribution in [0.1, 0.15) is 30.4 Å². The van der Waals surface area contributed by atoms with Crippen LogP contribution in [0.5, 0.6) is 0 Å². The summed E-state index contributed by atoms with van der Waals surface area (Å²) in [4.78, 5) is 0.316. The molecule has 0 unspecified atom stereocenters. The molecule has 0 radical (unpaired) electrons. The highest BCUT2D eigenvalue weighted by atomic mass is 35.5. The largest absolute Gasteiger partial charge is 0.243 e. The van der Waals surface area contributed by atoms with Crippen molar-refractivity contribution in [2.24, 2.45) is 5.92 Å². The number of aryl methyl sites for hydroxylation is 1. The molecular weight excluding hydrogens is 378 g/mol. The zero-order valence-corrected chi connectivity index (χ0v) is 17.4. The van der Waals surface area contributed by atoms with Crippen molar-refractivity contribution in [1.29, 1.82) is 0 Å². The van der Waals surface area contributed by atoms with Crippen molar-refractivity contribution in [3.63, 3.8) is 0 Å². The standard InChI is InChI=1S/C22H24ClNO2S/c1-16(2)13-19-14-24(27(25,26)20-11-9-17(3)10-12-20)15-21(19)22(23)18-7-5-4-6-8-18/h4-12,21-22H,14-15H2,1-3H3/t21-,22+/m1/s1. The lowest BCUT2D eigenvalue weighted by atomic mass is 9.94. The third-order valence-corrected chi connectivity index (χ3v) is 7.12. The predicted octanol–water partition coefficient (Wildman–Crippen LogP) is 5.09. The Hall–Kier alpha value is -1.84. The lowest BCUT2D eigenvalue weighted by molar-refractivity contribution is 0.453. The Labute approximate surface area is 167 Å². The average molecular weight is 402 g/mol. The summed E-state index contributed by atoms with van der Waals surface area (Å²) >= 11 is 6.78. The van der Waals surface area contributed by atoms with Crippen molar-refractivity contribution in [3.05, 3.63) is 82.6 Å². The zero-order valence-electron chi connectivity index (χ0n) is 15.8. The van der Waals surface area contributed by atoms with E-state index in [9.17, 15) is 8.42 Å². The van der Waals surface area contributed by atoms with Gasteiger partial charge in [-0.1, -0.05) is 48.0 Å². The van der Waals surface area contributed by atoms with Crippen LogP contribution >= 0.6 is 11.6 Å². The summed E-state index contributed by atoms with van der Waals surface area (Å²) in [7, 11) is -3.57. The van der Waals surface area contributed by atoms with Crippen LogP contribution in [0.4, 0.5) is 0 Å². The van der Waals surface area contributed by atoms with Gasteiger partial charge in [0, 0.05) is 19.0 Å². The van der Waals surface area contributed by atoms with E-state index in [0.717, 1.165) is 22.3 Å². The van der Waals surface area contributed by atoms with Crippen molar-refractivity contribution in [2.75, 3.05) is 13.1 Å². The molecule has 2 aromatic carbocycles. The van der Waals surface area contributed by atoms with Gasteiger partial charge in [0.05, 0.1) is 10.3 Å². The second kappa shape index (κ2) is 8.04. The average Bonchev–Trinajstić information content (AvgIpc) is 3.06. The quantitative estimate of drug-likeness (QED) is 0.528. The molecule has 142 valence electrons. The summed E-state index contributed by atoms with van der Waals surface area (Å²) in [5.41, 5.74) is 7.33. The maximum atomic E-state index is 13.1. The van der Waals surface area contributed by atoms with Gasteiger partial charge in [0.1, 0.15) is 0 Å². The molecule has 1 heterocycles. The molecule has 0 aliphatic carbocycles. The summed E-state index contributed by atoms with van der Waals surface area (Å²) < 4.78 is 27.8. The molecular formula is C22H24ClNO2S. The molecule has 0 spiro atoms. The van der Waals surface area contributed by atoms with Gasteiger partial charge in [-0.2, -0.15) is 4.31 Å². The monoisotopic (exact) mass is 401 g/mol. The molecule has 27 heavy (non-hydrogen) atoms. The van der Waals surface area contributed by atoms with Crippen molar-refractivity contribution in [2.45, 2.75) is 31.0 Å². The molecule has 2 aromatic rings. The molecule has 5 heteroatoms. The number of benzene rings is 2. The Balaban J connectivity index is 1.96. The molecule has 2 atom stereocenters. The van der Waals surface area contributed by atoms with E-state index in [1.807, 2.05) is 63.2 Å². The molecule has 0 amide bonds. The van der Waals surface area contributed by atoms with E-state index in [1.165, 1.54) is 4.31 Å². The smallest absolute Gasteiger partial charge is 0.207 e. The Bertz CT molecular complexity index is 971. The van der Waals surface area contributed by atoms with Crippen molar-refractivity contribution in [1.82, 2.24) is 4.31 Å². The molecule has 1 fully saturated rings. The fraction of sp³-hybridized carbons (Fsp3) is 0.318. The van der Waals surface area contributed by atoms with Crippen LogP contribution in [-0.2, 0) is 10.0 Å².